The molecule has 0 amide bonds. The van der Waals surface area contributed by atoms with Crippen LogP contribution in [0.15, 0.2) is 24.5 Å². The van der Waals surface area contributed by atoms with Crippen LogP contribution in [-0.4, -0.2) is 19.7 Å². The first-order valence-electron chi connectivity index (χ1n) is 6.25. The van der Waals surface area contributed by atoms with E-state index >= 15 is 0 Å². The van der Waals surface area contributed by atoms with Crippen molar-refractivity contribution in [1.82, 2.24) is 19.7 Å². The van der Waals surface area contributed by atoms with E-state index in [0.29, 0.717) is 0 Å². The largest absolute Gasteiger partial charge is 0.340 e. The van der Waals surface area contributed by atoms with Gasteiger partial charge in [-0.2, -0.15) is 5.10 Å². The van der Waals surface area contributed by atoms with Crippen molar-refractivity contribution in [1.29, 1.82) is 0 Å². The van der Waals surface area contributed by atoms with Crippen LogP contribution in [0.2, 0.25) is 0 Å². The third-order valence-electron chi connectivity index (χ3n) is 3.49. The van der Waals surface area contributed by atoms with Gasteiger partial charge in [-0.25, -0.2) is 4.98 Å². The molecular formula is C14H17N5. The monoisotopic (exact) mass is 255 g/mol. The second-order valence-electron chi connectivity index (χ2n) is 5.00. The normalized spacial score (nSPS) is 13.1. The van der Waals surface area contributed by atoms with Gasteiger partial charge in [-0.1, -0.05) is 0 Å². The zero-order chi connectivity index (χ0) is 13.6. The van der Waals surface area contributed by atoms with Crippen LogP contribution in [0.5, 0.6) is 0 Å². The maximum absolute atomic E-state index is 6.22. The second-order valence-corrected chi connectivity index (χ2v) is 5.00. The van der Waals surface area contributed by atoms with Crippen LogP contribution < -0.4 is 5.73 Å². The van der Waals surface area contributed by atoms with E-state index in [1.807, 2.05) is 13.2 Å². The van der Waals surface area contributed by atoms with E-state index in [4.69, 9.17) is 5.73 Å². The Bertz CT molecular complexity index is 698. The Hall–Kier alpha value is -2.14. The first kappa shape index (κ1) is 11.9. The van der Waals surface area contributed by atoms with Crippen molar-refractivity contribution in [3.63, 3.8) is 0 Å². The van der Waals surface area contributed by atoms with Crippen LogP contribution in [0.4, 0.5) is 0 Å². The molecule has 0 aliphatic heterocycles. The lowest BCUT2D eigenvalue weighted by Crippen LogP contribution is -2.12. The standard InChI is InChI=1S/C14H17N5/c1-8-4-11-12(5-9(8)2)18-14(17-11)13(15)10-6-16-19(3)7-10/h4-7,13H,15H2,1-3H3,(H,17,18). The van der Waals surface area contributed by atoms with E-state index < -0.39 is 0 Å². The highest BCUT2D eigenvalue weighted by molar-refractivity contribution is 5.77. The molecule has 5 heteroatoms. The van der Waals surface area contributed by atoms with E-state index in [1.54, 1.807) is 10.9 Å². The number of imidazole rings is 1. The molecule has 0 radical (unpaired) electrons. The molecule has 1 unspecified atom stereocenters. The summed E-state index contributed by atoms with van der Waals surface area (Å²) in [5.41, 5.74) is 11.6. The molecule has 3 N–H and O–H groups in total. The molecule has 1 aromatic carbocycles. The summed E-state index contributed by atoms with van der Waals surface area (Å²) in [4.78, 5) is 7.88. The molecule has 0 spiro atoms. The van der Waals surface area contributed by atoms with Crippen LogP contribution in [0.3, 0.4) is 0 Å². The number of nitrogens with two attached hydrogens (primary N) is 1. The number of aromatic amines is 1. The summed E-state index contributed by atoms with van der Waals surface area (Å²) in [5, 5.41) is 4.14. The molecule has 5 nitrogen and oxygen atoms in total. The molecule has 0 aliphatic rings. The van der Waals surface area contributed by atoms with Gasteiger partial charge in [0.1, 0.15) is 5.82 Å². The summed E-state index contributed by atoms with van der Waals surface area (Å²) in [6.07, 6.45) is 3.68. The van der Waals surface area contributed by atoms with Gasteiger partial charge in [0.2, 0.25) is 0 Å². The quantitative estimate of drug-likeness (QED) is 0.735. The maximum Gasteiger partial charge on any atom is 0.128 e. The molecule has 0 bridgehead atoms. The first-order chi connectivity index (χ1) is 9.04. The number of nitrogens with one attached hydrogen (secondary N) is 1. The number of aryl methyl sites for hydroxylation is 3. The van der Waals surface area contributed by atoms with Crippen LogP contribution in [-0.2, 0) is 7.05 Å². The van der Waals surface area contributed by atoms with Gasteiger partial charge in [-0.15, -0.1) is 0 Å². The Morgan fingerprint density at radius 2 is 2.00 bits per heavy atom. The van der Waals surface area contributed by atoms with E-state index in [0.717, 1.165) is 22.4 Å². The van der Waals surface area contributed by atoms with Crippen molar-refractivity contribution in [2.75, 3.05) is 0 Å². The van der Waals surface area contributed by atoms with Crippen LogP contribution >= 0.6 is 0 Å². The van der Waals surface area contributed by atoms with E-state index in [2.05, 4.69) is 41.0 Å². The average Bonchev–Trinajstić information content (AvgIpc) is 2.95. The minimum Gasteiger partial charge on any atom is -0.340 e. The predicted molar refractivity (Wildman–Crippen MR) is 74.8 cm³/mol. The molecule has 1 atom stereocenters. The van der Waals surface area contributed by atoms with Gasteiger partial charge in [0.05, 0.1) is 23.3 Å². The highest BCUT2D eigenvalue weighted by Crippen LogP contribution is 2.22. The van der Waals surface area contributed by atoms with Gasteiger partial charge in [0.15, 0.2) is 0 Å². The Morgan fingerprint density at radius 3 is 2.68 bits per heavy atom. The van der Waals surface area contributed by atoms with E-state index in [1.165, 1.54) is 11.1 Å². The van der Waals surface area contributed by atoms with Gasteiger partial charge >= 0.3 is 0 Å². The third kappa shape index (κ3) is 2.02. The topological polar surface area (TPSA) is 72.5 Å². The summed E-state index contributed by atoms with van der Waals surface area (Å²) >= 11 is 0. The number of rotatable bonds is 2. The lowest BCUT2D eigenvalue weighted by atomic mass is 10.1. The predicted octanol–water partition coefficient (Wildman–Crippen LogP) is 1.96. The van der Waals surface area contributed by atoms with Crippen LogP contribution in [0.1, 0.15) is 28.6 Å². The van der Waals surface area contributed by atoms with Crippen LogP contribution in [0, 0.1) is 13.8 Å². The first-order valence-corrected chi connectivity index (χ1v) is 6.25. The van der Waals surface area contributed by atoms with Crippen molar-refractivity contribution in [2.24, 2.45) is 12.8 Å². The van der Waals surface area contributed by atoms with Crippen molar-refractivity contribution in [3.05, 3.63) is 47.0 Å². The second kappa shape index (κ2) is 4.20. The van der Waals surface area contributed by atoms with Crippen molar-refractivity contribution >= 4 is 11.0 Å². The van der Waals surface area contributed by atoms with Crippen molar-refractivity contribution in [3.8, 4) is 0 Å². The zero-order valence-corrected chi connectivity index (χ0v) is 11.3. The fourth-order valence-corrected chi connectivity index (χ4v) is 2.20. The average molecular weight is 255 g/mol. The molecule has 0 saturated carbocycles. The third-order valence-corrected chi connectivity index (χ3v) is 3.49. The number of H-pyrrole nitrogens is 1. The fourth-order valence-electron chi connectivity index (χ4n) is 2.20. The van der Waals surface area contributed by atoms with E-state index in [9.17, 15) is 0 Å². The lowest BCUT2D eigenvalue weighted by molar-refractivity contribution is 0.762. The number of fused-ring (bicyclic) bond motifs is 1. The number of nitrogens with zero attached hydrogens (tertiary/aromatic N) is 3. The Labute approximate surface area is 111 Å². The summed E-state index contributed by atoms with van der Waals surface area (Å²) in [6.45, 7) is 4.18. The minimum absolute atomic E-state index is 0.276. The fraction of sp³-hybridized carbons (Fsp3) is 0.286. The van der Waals surface area contributed by atoms with Gasteiger partial charge in [-0.3, -0.25) is 4.68 Å². The number of benzene rings is 1. The molecule has 0 aliphatic carbocycles. The maximum atomic E-state index is 6.22. The lowest BCUT2D eigenvalue weighted by Gasteiger charge is -2.04. The molecule has 0 fully saturated rings. The van der Waals surface area contributed by atoms with Crippen molar-refractivity contribution < 1.29 is 0 Å². The zero-order valence-electron chi connectivity index (χ0n) is 11.3. The Balaban J connectivity index is 2.05. The summed E-state index contributed by atoms with van der Waals surface area (Å²) < 4.78 is 1.74. The van der Waals surface area contributed by atoms with E-state index in [-0.39, 0.29) is 6.04 Å². The number of aromatic nitrogens is 4. The number of hydrogen-bond donors (Lipinski definition) is 2. The smallest absolute Gasteiger partial charge is 0.128 e. The Kier molecular flexibility index (Phi) is 2.64. The highest BCUT2D eigenvalue weighted by atomic mass is 15.2. The molecule has 3 aromatic rings. The summed E-state index contributed by atoms with van der Waals surface area (Å²) in [6, 6.07) is 3.92. The molecule has 98 valence electrons. The molecular weight excluding hydrogens is 238 g/mol. The number of hydrogen-bond acceptors (Lipinski definition) is 3. The summed E-state index contributed by atoms with van der Waals surface area (Å²) in [7, 11) is 1.88. The van der Waals surface area contributed by atoms with Gasteiger partial charge in [-0.05, 0) is 37.1 Å². The molecule has 3 rings (SSSR count). The molecule has 0 saturated heterocycles. The minimum atomic E-state index is -0.276. The molecule has 2 heterocycles. The van der Waals surface area contributed by atoms with Gasteiger partial charge in [0, 0.05) is 18.8 Å². The van der Waals surface area contributed by atoms with Crippen molar-refractivity contribution in [2.45, 2.75) is 19.9 Å². The SMILES string of the molecule is Cc1cc2nc(C(N)c3cnn(C)c3)[nH]c2cc1C. The molecule has 2 aromatic heterocycles. The summed E-state index contributed by atoms with van der Waals surface area (Å²) in [5.74, 6) is 0.771. The Morgan fingerprint density at radius 1 is 1.26 bits per heavy atom. The van der Waals surface area contributed by atoms with Gasteiger partial charge in [0.25, 0.3) is 0 Å². The van der Waals surface area contributed by atoms with Gasteiger partial charge < -0.3 is 10.7 Å². The molecule has 19 heavy (non-hydrogen) atoms. The highest BCUT2D eigenvalue weighted by Gasteiger charge is 2.15. The van der Waals surface area contributed by atoms with Crippen LogP contribution in [0.25, 0.3) is 11.0 Å².